The van der Waals surface area contributed by atoms with Crippen molar-refractivity contribution in [2.24, 2.45) is 7.05 Å². The molecule has 13 heteroatoms. The number of hydrogen-bond acceptors (Lipinski definition) is 8. The van der Waals surface area contributed by atoms with Crippen LogP contribution in [0.5, 0.6) is 0 Å². The van der Waals surface area contributed by atoms with Gasteiger partial charge in [0.15, 0.2) is 21.5 Å². The van der Waals surface area contributed by atoms with Crippen LogP contribution in [0.3, 0.4) is 0 Å². The Morgan fingerprint density at radius 2 is 1.84 bits per heavy atom. The average Bonchev–Trinajstić information content (AvgIpc) is 3.13. The Morgan fingerprint density at radius 1 is 1.16 bits per heavy atom. The summed E-state index contributed by atoms with van der Waals surface area (Å²) in [6.45, 7) is 0.783. The predicted molar refractivity (Wildman–Crippen MR) is 102 cm³/mol. The quantitative estimate of drug-likeness (QED) is 0.573. The van der Waals surface area contributed by atoms with Crippen LogP contribution in [0.2, 0.25) is 0 Å². The molecule has 0 saturated carbocycles. The van der Waals surface area contributed by atoms with Gasteiger partial charge in [-0.25, -0.2) is 8.42 Å². The van der Waals surface area contributed by atoms with Crippen LogP contribution in [-0.4, -0.2) is 55.7 Å². The number of rotatable bonds is 6. The van der Waals surface area contributed by atoms with Gasteiger partial charge in [-0.15, -0.1) is 10.2 Å². The second kappa shape index (κ2) is 8.32. The Bertz CT molecular complexity index is 1210. The van der Waals surface area contributed by atoms with Crippen LogP contribution in [0.4, 0.5) is 13.2 Å². The molecule has 166 valence electrons. The first-order chi connectivity index (χ1) is 14.5. The van der Waals surface area contributed by atoms with Crippen LogP contribution in [0.25, 0.3) is 23.0 Å². The second-order valence-corrected chi connectivity index (χ2v) is 8.80. The van der Waals surface area contributed by atoms with E-state index in [1.807, 2.05) is 0 Å². The summed E-state index contributed by atoms with van der Waals surface area (Å²) in [7, 11) is -2.40. The van der Waals surface area contributed by atoms with Crippen LogP contribution >= 0.6 is 0 Å². The zero-order chi connectivity index (χ0) is 23.0. The molecule has 0 saturated heterocycles. The molecule has 31 heavy (non-hydrogen) atoms. The third-order valence-electron chi connectivity index (χ3n) is 4.55. The van der Waals surface area contributed by atoms with E-state index < -0.39 is 34.3 Å². The van der Waals surface area contributed by atoms with Gasteiger partial charge in [0.1, 0.15) is 17.5 Å². The summed E-state index contributed by atoms with van der Waals surface area (Å²) >= 11 is 0. The highest BCUT2D eigenvalue weighted by Crippen LogP contribution is 2.32. The van der Waals surface area contributed by atoms with E-state index in [1.165, 1.54) is 30.8 Å². The van der Waals surface area contributed by atoms with Crippen molar-refractivity contribution in [2.45, 2.75) is 24.1 Å². The fourth-order valence-corrected chi connectivity index (χ4v) is 3.86. The van der Waals surface area contributed by atoms with Gasteiger partial charge in [-0.2, -0.15) is 13.2 Å². The van der Waals surface area contributed by atoms with Crippen molar-refractivity contribution >= 4 is 9.84 Å². The highest BCUT2D eigenvalue weighted by molar-refractivity contribution is 7.91. The summed E-state index contributed by atoms with van der Waals surface area (Å²) in [6, 6.07) is 2.81. The lowest BCUT2D eigenvalue weighted by atomic mass is 10.1. The van der Waals surface area contributed by atoms with Gasteiger partial charge in [0, 0.05) is 25.0 Å². The van der Waals surface area contributed by atoms with E-state index >= 15 is 0 Å². The zero-order valence-electron chi connectivity index (χ0n) is 16.4. The normalized spacial score (nSPS) is 13.4. The minimum absolute atomic E-state index is 0.0220. The van der Waals surface area contributed by atoms with Crippen molar-refractivity contribution in [3.63, 3.8) is 0 Å². The molecule has 9 nitrogen and oxygen atoms in total. The topological polar surface area (TPSA) is 131 Å². The smallest absolute Gasteiger partial charge is 0.393 e. The van der Waals surface area contributed by atoms with Crippen LogP contribution in [0.1, 0.15) is 24.2 Å². The Kier molecular flexibility index (Phi) is 6.11. The number of pyridine rings is 2. The maximum atomic E-state index is 13.0. The summed E-state index contributed by atoms with van der Waals surface area (Å²) < 4.78 is 65.6. The number of nitrogens with zero attached hydrogens (tertiary/aromatic N) is 5. The highest BCUT2D eigenvalue weighted by Gasteiger charge is 2.31. The van der Waals surface area contributed by atoms with Crippen molar-refractivity contribution in [3.8, 4) is 23.0 Å². The van der Waals surface area contributed by atoms with E-state index in [2.05, 4.69) is 20.2 Å². The Hall–Kier alpha value is -2.90. The third-order valence-corrected chi connectivity index (χ3v) is 6.29. The lowest BCUT2D eigenvalue weighted by Crippen LogP contribution is -2.12. The van der Waals surface area contributed by atoms with E-state index in [4.69, 9.17) is 5.11 Å². The van der Waals surface area contributed by atoms with Gasteiger partial charge in [-0.3, -0.25) is 9.97 Å². The molecular formula is C18H18F3N5O4S. The molecule has 0 aliphatic heterocycles. The standard InChI is InChI=1S/C18H18F3N5O4S/c1-3-31(29,30)14-6-10(13(28)9-27)8-23-15(14)17-25-24-16(26(17)2)12-7-11(4-5-22-12)18(19,20)21/h4-8,13,27-28H,3,9H2,1-2H3. The van der Waals surface area contributed by atoms with Crippen molar-refractivity contribution in [3.05, 3.63) is 41.7 Å². The number of aliphatic hydroxyl groups excluding tert-OH is 2. The first-order valence-corrected chi connectivity index (χ1v) is 10.6. The van der Waals surface area contributed by atoms with Crippen molar-refractivity contribution < 1.29 is 31.8 Å². The molecule has 3 aromatic heterocycles. The number of alkyl halides is 3. The van der Waals surface area contributed by atoms with E-state index in [0.717, 1.165) is 18.3 Å². The van der Waals surface area contributed by atoms with E-state index in [1.54, 1.807) is 0 Å². The van der Waals surface area contributed by atoms with E-state index in [0.29, 0.717) is 0 Å². The first kappa shape index (κ1) is 22.8. The molecule has 3 heterocycles. The van der Waals surface area contributed by atoms with Gasteiger partial charge < -0.3 is 14.8 Å². The molecule has 2 N–H and O–H groups in total. The van der Waals surface area contributed by atoms with Crippen molar-refractivity contribution in [2.75, 3.05) is 12.4 Å². The summed E-state index contributed by atoms with van der Waals surface area (Å²) in [4.78, 5) is 7.74. The first-order valence-electron chi connectivity index (χ1n) is 8.94. The molecule has 3 aromatic rings. The van der Waals surface area contributed by atoms with Gasteiger partial charge in [0.05, 0.1) is 22.8 Å². The van der Waals surface area contributed by atoms with Crippen molar-refractivity contribution in [1.29, 1.82) is 0 Å². The van der Waals surface area contributed by atoms with Crippen molar-refractivity contribution in [1.82, 2.24) is 24.7 Å². The Morgan fingerprint density at radius 3 is 2.45 bits per heavy atom. The maximum absolute atomic E-state index is 13.0. The van der Waals surface area contributed by atoms with Gasteiger partial charge in [-0.1, -0.05) is 6.92 Å². The molecule has 0 fully saturated rings. The minimum Gasteiger partial charge on any atom is -0.393 e. The summed E-state index contributed by atoms with van der Waals surface area (Å²) in [6.07, 6.45) is -3.74. The summed E-state index contributed by atoms with van der Waals surface area (Å²) in [5.74, 6) is -0.325. The monoisotopic (exact) mass is 457 g/mol. The lowest BCUT2D eigenvalue weighted by Gasteiger charge is -2.13. The molecule has 0 aliphatic carbocycles. The number of aromatic nitrogens is 5. The Balaban J connectivity index is 2.17. The molecule has 0 aromatic carbocycles. The largest absolute Gasteiger partial charge is 0.416 e. The molecule has 1 atom stereocenters. The van der Waals surface area contributed by atoms with Crippen LogP contribution in [-0.2, 0) is 23.1 Å². The predicted octanol–water partition coefficient (Wildman–Crippen LogP) is 1.78. The highest BCUT2D eigenvalue weighted by atomic mass is 32.2. The maximum Gasteiger partial charge on any atom is 0.416 e. The Labute approximate surface area is 175 Å². The zero-order valence-corrected chi connectivity index (χ0v) is 17.2. The van der Waals surface area contributed by atoms with Crippen LogP contribution in [0, 0.1) is 0 Å². The molecule has 0 bridgehead atoms. The molecular weight excluding hydrogens is 439 g/mol. The lowest BCUT2D eigenvalue weighted by molar-refractivity contribution is -0.137. The van der Waals surface area contributed by atoms with E-state index in [-0.39, 0.29) is 39.2 Å². The van der Waals surface area contributed by atoms with Gasteiger partial charge in [0.25, 0.3) is 0 Å². The molecule has 3 rings (SSSR count). The average molecular weight is 457 g/mol. The van der Waals surface area contributed by atoms with Crippen LogP contribution < -0.4 is 0 Å². The molecule has 0 radical (unpaired) electrons. The SMILES string of the molecule is CCS(=O)(=O)c1cc(C(O)CO)cnc1-c1nnc(-c2cc(C(F)(F)F)ccn2)n1C. The fourth-order valence-electron chi connectivity index (χ4n) is 2.80. The second-order valence-electron chi connectivity index (χ2n) is 6.55. The summed E-state index contributed by atoms with van der Waals surface area (Å²) in [5.41, 5.74) is -1.04. The summed E-state index contributed by atoms with van der Waals surface area (Å²) in [5, 5.41) is 26.7. The number of hydrogen-bond donors (Lipinski definition) is 2. The fraction of sp³-hybridized carbons (Fsp3) is 0.333. The van der Waals surface area contributed by atoms with Crippen LogP contribution in [0.15, 0.2) is 35.5 Å². The van der Waals surface area contributed by atoms with E-state index in [9.17, 15) is 26.7 Å². The molecule has 0 amide bonds. The number of aliphatic hydroxyl groups is 2. The third kappa shape index (κ3) is 4.43. The van der Waals surface area contributed by atoms with Gasteiger partial charge in [-0.05, 0) is 18.2 Å². The van der Waals surface area contributed by atoms with Gasteiger partial charge in [0.2, 0.25) is 0 Å². The minimum atomic E-state index is -4.58. The molecule has 0 spiro atoms. The van der Waals surface area contributed by atoms with Gasteiger partial charge >= 0.3 is 6.18 Å². The number of sulfone groups is 1. The number of halogens is 3. The molecule has 1 unspecified atom stereocenters. The molecule has 0 aliphatic rings.